The number of hydrogen-bond acceptors (Lipinski definition) is 5. The lowest BCUT2D eigenvalue weighted by Crippen LogP contribution is -2.40. The first-order valence-electron chi connectivity index (χ1n) is 8.75. The van der Waals surface area contributed by atoms with Crippen LogP contribution in [0, 0.1) is 0 Å². The van der Waals surface area contributed by atoms with Gasteiger partial charge in [0.15, 0.2) is 11.6 Å². The highest BCUT2D eigenvalue weighted by atomic mass is 16.2. The van der Waals surface area contributed by atoms with Crippen molar-refractivity contribution in [1.82, 2.24) is 39.0 Å². The van der Waals surface area contributed by atoms with Crippen LogP contribution in [0.5, 0.6) is 0 Å². The lowest BCUT2D eigenvalue weighted by molar-refractivity contribution is 0.0687. The maximum atomic E-state index is 12.7. The van der Waals surface area contributed by atoms with Crippen LogP contribution in [0.3, 0.4) is 0 Å². The predicted molar refractivity (Wildman–Crippen MR) is 93.4 cm³/mol. The summed E-state index contributed by atoms with van der Waals surface area (Å²) in [6, 6.07) is 1.89. The molecule has 1 atom stereocenters. The van der Waals surface area contributed by atoms with E-state index in [2.05, 4.69) is 20.3 Å². The van der Waals surface area contributed by atoms with Gasteiger partial charge in [-0.25, -0.2) is 4.98 Å². The van der Waals surface area contributed by atoms with E-state index < -0.39 is 0 Å². The first kappa shape index (κ1) is 16.5. The molecule has 136 valence electrons. The molecule has 1 aliphatic heterocycles. The van der Waals surface area contributed by atoms with Crippen molar-refractivity contribution < 1.29 is 4.79 Å². The number of carbonyl (C=O) groups excluding carboxylic acids is 1. The second kappa shape index (κ2) is 6.74. The van der Waals surface area contributed by atoms with Gasteiger partial charge in [-0.2, -0.15) is 5.10 Å². The van der Waals surface area contributed by atoms with E-state index in [9.17, 15) is 4.79 Å². The van der Waals surface area contributed by atoms with Crippen molar-refractivity contribution >= 4 is 5.91 Å². The average Bonchev–Trinajstić information content (AvgIpc) is 3.38. The number of likely N-dealkylation sites (tertiary alicyclic amines) is 1. The number of hydrogen-bond donors (Lipinski definition) is 0. The Hall–Kier alpha value is -2.97. The maximum absolute atomic E-state index is 12.7. The van der Waals surface area contributed by atoms with Crippen molar-refractivity contribution in [2.75, 3.05) is 13.1 Å². The van der Waals surface area contributed by atoms with Gasteiger partial charge in [-0.3, -0.25) is 9.48 Å². The Morgan fingerprint density at radius 1 is 1.23 bits per heavy atom. The molecule has 4 rings (SSSR count). The lowest BCUT2D eigenvalue weighted by atomic mass is 9.97. The number of aryl methyl sites for hydroxylation is 1. The summed E-state index contributed by atoms with van der Waals surface area (Å²) >= 11 is 0. The minimum atomic E-state index is -0.0267. The standard InChI is InChI=1S/C17H22N8O/c1-22-10-7-18-16(22)17(26)24-8-3-5-13(11-24)15-21-20-14(23(15)2)12-25-9-4-6-19-25/h4,6-7,9-10,13H,3,5,8,11-12H2,1-2H3/t13-/m1/s1. The molecule has 0 unspecified atom stereocenters. The lowest BCUT2D eigenvalue weighted by Gasteiger charge is -2.32. The fourth-order valence-corrected chi connectivity index (χ4v) is 3.49. The first-order chi connectivity index (χ1) is 12.6. The zero-order chi connectivity index (χ0) is 18.1. The van der Waals surface area contributed by atoms with Crippen LogP contribution in [-0.2, 0) is 20.6 Å². The molecule has 9 nitrogen and oxygen atoms in total. The van der Waals surface area contributed by atoms with E-state index in [1.54, 1.807) is 23.2 Å². The van der Waals surface area contributed by atoms with E-state index in [0.717, 1.165) is 31.0 Å². The van der Waals surface area contributed by atoms with E-state index in [0.29, 0.717) is 18.9 Å². The van der Waals surface area contributed by atoms with E-state index in [1.807, 2.05) is 40.5 Å². The third kappa shape index (κ3) is 3.00. The van der Waals surface area contributed by atoms with Crippen LogP contribution in [0.25, 0.3) is 0 Å². The van der Waals surface area contributed by atoms with Gasteiger partial charge >= 0.3 is 0 Å². The molecule has 9 heteroatoms. The predicted octanol–water partition coefficient (Wildman–Crippen LogP) is 0.813. The summed E-state index contributed by atoms with van der Waals surface area (Å²) < 4.78 is 5.61. The van der Waals surface area contributed by atoms with Crippen molar-refractivity contribution in [3.8, 4) is 0 Å². The monoisotopic (exact) mass is 354 g/mol. The highest BCUT2D eigenvalue weighted by Crippen LogP contribution is 2.26. The van der Waals surface area contributed by atoms with Gasteiger partial charge in [0.2, 0.25) is 0 Å². The molecule has 0 N–H and O–H groups in total. The van der Waals surface area contributed by atoms with Gasteiger partial charge < -0.3 is 14.0 Å². The van der Waals surface area contributed by atoms with E-state index in [1.165, 1.54) is 0 Å². The van der Waals surface area contributed by atoms with Crippen LogP contribution in [0.15, 0.2) is 30.9 Å². The van der Waals surface area contributed by atoms with Crippen molar-refractivity contribution in [2.45, 2.75) is 25.3 Å². The number of carbonyl (C=O) groups is 1. The first-order valence-corrected chi connectivity index (χ1v) is 8.75. The van der Waals surface area contributed by atoms with Crippen molar-refractivity contribution in [2.24, 2.45) is 14.1 Å². The maximum Gasteiger partial charge on any atom is 0.289 e. The van der Waals surface area contributed by atoms with Gasteiger partial charge in [-0.05, 0) is 18.9 Å². The third-order valence-corrected chi connectivity index (χ3v) is 4.95. The zero-order valence-electron chi connectivity index (χ0n) is 15.0. The second-order valence-corrected chi connectivity index (χ2v) is 6.69. The molecule has 3 aromatic heterocycles. The Kier molecular flexibility index (Phi) is 4.27. The Morgan fingerprint density at radius 3 is 2.85 bits per heavy atom. The molecular weight excluding hydrogens is 332 g/mol. The number of amides is 1. The minimum absolute atomic E-state index is 0.0267. The van der Waals surface area contributed by atoms with Gasteiger partial charge in [-0.15, -0.1) is 10.2 Å². The molecule has 0 spiro atoms. The highest BCUT2D eigenvalue weighted by molar-refractivity contribution is 5.90. The van der Waals surface area contributed by atoms with Gasteiger partial charge in [0.1, 0.15) is 12.4 Å². The molecule has 0 aromatic carbocycles. The Morgan fingerprint density at radius 2 is 2.12 bits per heavy atom. The topological polar surface area (TPSA) is 86.7 Å². The van der Waals surface area contributed by atoms with Crippen LogP contribution < -0.4 is 0 Å². The summed E-state index contributed by atoms with van der Waals surface area (Å²) in [7, 11) is 3.82. The van der Waals surface area contributed by atoms with Gasteiger partial charge in [0.25, 0.3) is 5.91 Å². The molecule has 0 radical (unpaired) electrons. The number of nitrogens with zero attached hydrogens (tertiary/aromatic N) is 8. The molecule has 1 saturated heterocycles. The quantitative estimate of drug-likeness (QED) is 0.692. The molecule has 0 aliphatic carbocycles. The molecule has 26 heavy (non-hydrogen) atoms. The summed E-state index contributed by atoms with van der Waals surface area (Å²) in [6.45, 7) is 1.97. The zero-order valence-corrected chi connectivity index (χ0v) is 15.0. The molecule has 1 amide bonds. The van der Waals surface area contributed by atoms with Crippen molar-refractivity contribution in [3.05, 3.63) is 48.3 Å². The van der Waals surface area contributed by atoms with Crippen LogP contribution in [-0.4, -0.2) is 58.0 Å². The van der Waals surface area contributed by atoms with Crippen LogP contribution in [0.4, 0.5) is 0 Å². The average molecular weight is 354 g/mol. The summed E-state index contributed by atoms with van der Waals surface area (Å²) in [5, 5.41) is 13.0. The van der Waals surface area contributed by atoms with E-state index in [4.69, 9.17) is 0 Å². The van der Waals surface area contributed by atoms with Crippen molar-refractivity contribution in [1.29, 1.82) is 0 Å². The van der Waals surface area contributed by atoms with Gasteiger partial charge in [0.05, 0.1) is 0 Å². The SMILES string of the molecule is Cn1ccnc1C(=O)N1CCC[C@@H](c2nnc(Cn3cccn3)n2C)C1. The second-order valence-electron chi connectivity index (χ2n) is 6.69. The Bertz CT molecular complexity index is 894. The van der Waals surface area contributed by atoms with Crippen LogP contribution in [0.1, 0.15) is 41.0 Å². The van der Waals surface area contributed by atoms with Crippen molar-refractivity contribution in [3.63, 3.8) is 0 Å². The summed E-state index contributed by atoms with van der Waals surface area (Å²) in [6.07, 6.45) is 9.04. The molecule has 1 aliphatic rings. The third-order valence-electron chi connectivity index (χ3n) is 4.95. The van der Waals surface area contributed by atoms with Gasteiger partial charge in [0, 0.05) is 57.9 Å². The Balaban J connectivity index is 1.50. The Labute approximate surface area is 151 Å². The molecule has 0 bridgehead atoms. The smallest absolute Gasteiger partial charge is 0.289 e. The number of imidazole rings is 1. The molecular formula is C17H22N8O. The van der Waals surface area contributed by atoms with E-state index >= 15 is 0 Å². The normalized spacial score (nSPS) is 17.6. The van der Waals surface area contributed by atoms with E-state index in [-0.39, 0.29) is 11.8 Å². The van der Waals surface area contributed by atoms with Gasteiger partial charge in [-0.1, -0.05) is 0 Å². The fourth-order valence-electron chi connectivity index (χ4n) is 3.49. The number of rotatable bonds is 4. The minimum Gasteiger partial charge on any atom is -0.335 e. The summed E-state index contributed by atoms with van der Waals surface area (Å²) in [5.41, 5.74) is 0. The fraction of sp³-hybridized carbons (Fsp3) is 0.471. The summed E-state index contributed by atoms with van der Waals surface area (Å²) in [5.74, 6) is 2.40. The summed E-state index contributed by atoms with van der Waals surface area (Å²) in [4.78, 5) is 18.8. The largest absolute Gasteiger partial charge is 0.335 e. The molecule has 1 fully saturated rings. The van der Waals surface area contributed by atoms with Crippen LogP contribution >= 0.6 is 0 Å². The molecule has 3 aromatic rings. The highest BCUT2D eigenvalue weighted by Gasteiger charge is 2.30. The number of aromatic nitrogens is 7. The molecule has 0 saturated carbocycles. The van der Waals surface area contributed by atoms with Crippen LogP contribution in [0.2, 0.25) is 0 Å². The number of piperidine rings is 1. The molecule has 4 heterocycles.